The van der Waals surface area contributed by atoms with Crippen LogP contribution in [-0.2, 0) is 0 Å². The summed E-state index contributed by atoms with van der Waals surface area (Å²) in [5.74, 6) is -3.22. The van der Waals surface area contributed by atoms with Gasteiger partial charge in [-0.15, -0.1) is 0 Å². The molecule has 0 aromatic carbocycles. The summed E-state index contributed by atoms with van der Waals surface area (Å²) in [5.41, 5.74) is 0. The van der Waals surface area contributed by atoms with Gasteiger partial charge < -0.3 is 15.3 Å². The van der Waals surface area contributed by atoms with Crippen molar-refractivity contribution < 1.29 is 20.2 Å². The first-order chi connectivity index (χ1) is 3.85. The summed E-state index contributed by atoms with van der Waals surface area (Å²) in [6, 6.07) is -1.79. The van der Waals surface area contributed by atoms with Gasteiger partial charge in [-0.1, -0.05) is 0 Å². The minimum absolute atomic E-state index is 0.875. The standard InChI is InChI=1S/C3H7NO5/c1-2(4(8)9)3(5,6)7/h2,5-7H,1H3. The van der Waals surface area contributed by atoms with Gasteiger partial charge in [-0.05, 0) is 0 Å². The van der Waals surface area contributed by atoms with Crippen LogP contribution in [0.5, 0.6) is 0 Å². The van der Waals surface area contributed by atoms with Crippen LogP contribution < -0.4 is 0 Å². The SMILES string of the molecule is CC([N+](=O)[O-])C(O)(O)O. The number of aliphatic hydroxyl groups is 3. The Morgan fingerprint density at radius 2 is 1.89 bits per heavy atom. The van der Waals surface area contributed by atoms with E-state index >= 15 is 0 Å². The summed E-state index contributed by atoms with van der Waals surface area (Å²) in [6.45, 7) is 0.875. The lowest BCUT2D eigenvalue weighted by molar-refractivity contribution is -0.584. The van der Waals surface area contributed by atoms with Crippen LogP contribution in [-0.4, -0.2) is 32.3 Å². The molecule has 0 aromatic heterocycles. The molecule has 6 heteroatoms. The van der Waals surface area contributed by atoms with Crippen LogP contribution in [0.4, 0.5) is 0 Å². The zero-order valence-corrected chi connectivity index (χ0v) is 4.68. The molecule has 0 radical (unpaired) electrons. The molecule has 0 saturated carbocycles. The van der Waals surface area contributed by atoms with E-state index < -0.39 is 16.9 Å². The molecule has 0 spiro atoms. The normalized spacial score (nSPS) is 15.1. The highest BCUT2D eigenvalue weighted by Gasteiger charge is 2.37. The van der Waals surface area contributed by atoms with E-state index in [9.17, 15) is 10.1 Å². The first-order valence-electron chi connectivity index (χ1n) is 2.16. The highest BCUT2D eigenvalue weighted by Crippen LogP contribution is 2.03. The number of nitrogens with zero attached hydrogens (tertiary/aromatic N) is 1. The summed E-state index contributed by atoms with van der Waals surface area (Å²) in [6.07, 6.45) is 0. The van der Waals surface area contributed by atoms with Gasteiger partial charge in [-0.25, -0.2) is 0 Å². The van der Waals surface area contributed by atoms with Crippen LogP contribution in [0.3, 0.4) is 0 Å². The van der Waals surface area contributed by atoms with E-state index in [0.717, 1.165) is 6.92 Å². The monoisotopic (exact) mass is 137 g/mol. The van der Waals surface area contributed by atoms with Gasteiger partial charge in [0.15, 0.2) is 0 Å². The Kier molecular flexibility index (Phi) is 2.08. The Morgan fingerprint density at radius 3 is 1.89 bits per heavy atom. The van der Waals surface area contributed by atoms with Gasteiger partial charge in [0.05, 0.1) is 0 Å². The van der Waals surface area contributed by atoms with E-state index in [0.29, 0.717) is 0 Å². The predicted molar refractivity (Wildman–Crippen MR) is 25.8 cm³/mol. The van der Waals surface area contributed by atoms with Crippen LogP contribution in [0.1, 0.15) is 6.92 Å². The molecule has 0 aliphatic rings. The molecule has 0 aliphatic carbocycles. The van der Waals surface area contributed by atoms with E-state index in [2.05, 4.69) is 0 Å². The Hall–Kier alpha value is -0.720. The third-order valence-electron chi connectivity index (χ3n) is 0.877. The first-order valence-corrected chi connectivity index (χ1v) is 2.16. The average Bonchev–Trinajstić information content (AvgIpc) is 1.62. The van der Waals surface area contributed by atoms with Crippen molar-refractivity contribution in [3.05, 3.63) is 10.1 Å². The van der Waals surface area contributed by atoms with E-state index in [1.165, 1.54) is 0 Å². The summed E-state index contributed by atoms with van der Waals surface area (Å²) in [7, 11) is 0. The summed E-state index contributed by atoms with van der Waals surface area (Å²) >= 11 is 0. The van der Waals surface area contributed by atoms with E-state index in [1.807, 2.05) is 0 Å². The molecule has 0 amide bonds. The maximum Gasteiger partial charge on any atom is 0.346 e. The molecule has 0 aliphatic heterocycles. The van der Waals surface area contributed by atoms with Crippen molar-refractivity contribution in [1.29, 1.82) is 0 Å². The Morgan fingerprint density at radius 1 is 1.56 bits per heavy atom. The van der Waals surface area contributed by atoms with Crippen molar-refractivity contribution in [2.24, 2.45) is 0 Å². The molecule has 0 heterocycles. The number of rotatable bonds is 2. The van der Waals surface area contributed by atoms with Gasteiger partial charge in [0.1, 0.15) is 0 Å². The van der Waals surface area contributed by atoms with Crippen LogP contribution >= 0.6 is 0 Å². The zero-order valence-electron chi connectivity index (χ0n) is 4.68. The average molecular weight is 137 g/mol. The molecular formula is C3H7NO5. The third kappa shape index (κ3) is 2.36. The molecule has 0 aromatic rings. The maximum absolute atomic E-state index is 9.67. The summed E-state index contributed by atoms with van der Waals surface area (Å²) < 4.78 is 0. The fraction of sp³-hybridized carbons (Fsp3) is 1.00. The minimum atomic E-state index is -3.22. The molecule has 6 nitrogen and oxygen atoms in total. The molecule has 54 valence electrons. The van der Waals surface area contributed by atoms with Crippen molar-refractivity contribution in [3.63, 3.8) is 0 Å². The lowest BCUT2D eigenvalue weighted by Crippen LogP contribution is -2.44. The number of hydrogen-bond donors (Lipinski definition) is 3. The van der Waals surface area contributed by atoms with E-state index in [1.54, 1.807) is 0 Å². The molecule has 0 fully saturated rings. The molecular weight excluding hydrogens is 130 g/mol. The van der Waals surface area contributed by atoms with Crippen molar-refractivity contribution in [2.45, 2.75) is 18.9 Å². The van der Waals surface area contributed by atoms with Crippen molar-refractivity contribution in [3.8, 4) is 0 Å². The Bertz CT molecular complexity index is 116. The largest absolute Gasteiger partial charge is 0.346 e. The molecule has 0 saturated heterocycles. The number of hydrogen-bond acceptors (Lipinski definition) is 5. The van der Waals surface area contributed by atoms with Crippen LogP contribution in [0, 0.1) is 10.1 Å². The topological polar surface area (TPSA) is 104 Å². The van der Waals surface area contributed by atoms with Gasteiger partial charge in [-0.2, -0.15) is 0 Å². The van der Waals surface area contributed by atoms with Crippen molar-refractivity contribution >= 4 is 0 Å². The lowest BCUT2D eigenvalue weighted by atomic mass is 10.3. The Labute approximate surface area is 50.5 Å². The molecule has 1 atom stereocenters. The molecule has 9 heavy (non-hydrogen) atoms. The summed E-state index contributed by atoms with van der Waals surface area (Å²) in [4.78, 5) is 8.67. The van der Waals surface area contributed by atoms with E-state index in [4.69, 9.17) is 15.3 Å². The minimum Gasteiger partial charge on any atom is -0.338 e. The van der Waals surface area contributed by atoms with Gasteiger partial charge >= 0.3 is 5.97 Å². The molecule has 0 rings (SSSR count). The van der Waals surface area contributed by atoms with Gasteiger partial charge in [0.25, 0.3) is 6.04 Å². The molecule has 1 unspecified atom stereocenters. The quantitative estimate of drug-likeness (QED) is 0.238. The van der Waals surface area contributed by atoms with Crippen LogP contribution in [0.25, 0.3) is 0 Å². The fourth-order valence-corrected chi connectivity index (χ4v) is 0.141. The second-order valence-corrected chi connectivity index (χ2v) is 1.65. The Balaban J connectivity index is 4.04. The van der Waals surface area contributed by atoms with Gasteiger partial charge in [-0.3, -0.25) is 10.1 Å². The second kappa shape index (κ2) is 2.26. The van der Waals surface area contributed by atoms with E-state index in [-0.39, 0.29) is 0 Å². The smallest absolute Gasteiger partial charge is 0.338 e. The predicted octanol–water partition coefficient (Wildman–Crippen LogP) is -1.72. The number of nitro groups is 1. The highest BCUT2D eigenvalue weighted by atomic mass is 16.7. The first kappa shape index (κ1) is 8.28. The molecule has 0 bridgehead atoms. The van der Waals surface area contributed by atoms with Gasteiger partial charge in [0.2, 0.25) is 0 Å². The van der Waals surface area contributed by atoms with Crippen LogP contribution in [0.15, 0.2) is 0 Å². The van der Waals surface area contributed by atoms with Crippen molar-refractivity contribution in [1.82, 2.24) is 0 Å². The fourth-order valence-electron chi connectivity index (χ4n) is 0.141. The van der Waals surface area contributed by atoms with Crippen molar-refractivity contribution in [2.75, 3.05) is 0 Å². The lowest BCUT2D eigenvalue weighted by Gasteiger charge is -2.13. The summed E-state index contributed by atoms with van der Waals surface area (Å²) in [5, 5.41) is 34.0. The highest BCUT2D eigenvalue weighted by molar-refractivity contribution is 4.55. The van der Waals surface area contributed by atoms with Gasteiger partial charge in [0, 0.05) is 11.8 Å². The molecule has 3 N–H and O–H groups in total. The van der Waals surface area contributed by atoms with Crippen LogP contribution in [0.2, 0.25) is 0 Å². The third-order valence-corrected chi connectivity index (χ3v) is 0.877. The zero-order chi connectivity index (χ0) is 7.65. The maximum atomic E-state index is 9.67. The second-order valence-electron chi connectivity index (χ2n) is 1.65.